The molecule has 0 bridgehead atoms. The third-order valence-electron chi connectivity index (χ3n) is 4.72. The van der Waals surface area contributed by atoms with Gasteiger partial charge in [0.1, 0.15) is 11.4 Å². The van der Waals surface area contributed by atoms with Gasteiger partial charge >= 0.3 is 5.97 Å². The molecule has 1 aliphatic rings. The van der Waals surface area contributed by atoms with Crippen LogP contribution in [-0.2, 0) is 11.3 Å². The van der Waals surface area contributed by atoms with Gasteiger partial charge in [0, 0.05) is 44.6 Å². The number of nitrogens with two attached hydrogens (primary N) is 1. The third kappa shape index (κ3) is 4.77. The van der Waals surface area contributed by atoms with Gasteiger partial charge in [-0.2, -0.15) is 0 Å². The van der Waals surface area contributed by atoms with E-state index in [0.29, 0.717) is 5.56 Å². The molecule has 0 spiro atoms. The van der Waals surface area contributed by atoms with Crippen LogP contribution in [0.3, 0.4) is 0 Å². The lowest BCUT2D eigenvalue weighted by Crippen LogP contribution is -2.46. The highest BCUT2D eigenvalue weighted by atomic mass is 16.5. The molecule has 1 aromatic carbocycles. The molecule has 1 saturated heterocycles. The minimum Gasteiger partial charge on any atom is -0.459 e. The topological polar surface area (TPSA) is 71.7 Å². The second kappa shape index (κ2) is 8.39. The van der Waals surface area contributed by atoms with E-state index in [4.69, 9.17) is 10.5 Å². The van der Waals surface area contributed by atoms with Crippen LogP contribution in [0.2, 0.25) is 0 Å². The molecule has 2 aromatic rings. The number of piperazine rings is 1. The zero-order valence-corrected chi connectivity index (χ0v) is 16.3. The van der Waals surface area contributed by atoms with Crippen molar-refractivity contribution in [3.63, 3.8) is 0 Å². The summed E-state index contributed by atoms with van der Waals surface area (Å²) < 4.78 is 5.43. The van der Waals surface area contributed by atoms with Crippen molar-refractivity contribution in [2.24, 2.45) is 0 Å². The quantitative estimate of drug-likeness (QED) is 0.646. The first kappa shape index (κ1) is 19.2. The average Bonchev–Trinajstić information content (AvgIpc) is 2.61. The predicted molar refractivity (Wildman–Crippen MR) is 108 cm³/mol. The largest absolute Gasteiger partial charge is 0.459 e. The maximum absolute atomic E-state index is 12.6. The first-order valence-corrected chi connectivity index (χ1v) is 9.42. The Bertz CT molecular complexity index is 799. The number of aryl methyl sites for hydroxylation is 1. The summed E-state index contributed by atoms with van der Waals surface area (Å²) in [7, 11) is 0. The molecule has 2 heterocycles. The molecule has 3 rings (SSSR count). The van der Waals surface area contributed by atoms with Crippen LogP contribution in [0, 0.1) is 6.92 Å². The zero-order valence-electron chi connectivity index (χ0n) is 16.3. The third-order valence-corrected chi connectivity index (χ3v) is 4.72. The fourth-order valence-electron chi connectivity index (χ4n) is 3.38. The summed E-state index contributed by atoms with van der Waals surface area (Å²) in [5.74, 6) is 0.428. The van der Waals surface area contributed by atoms with E-state index in [1.165, 1.54) is 5.56 Å². The number of pyridine rings is 1. The van der Waals surface area contributed by atoms with Gasteiger partial charge in [-0.1, -0.05) is 12.1 Å². The van der Waals surface area contributed by atoms with Gasteiger partial charge in [0.2, 0.25) is 0 Å². The number of nitrogen functional groups attached to an aromatic ring is 1. The average molecular weight is 368 g/mol. The first-order chi connectivity index (χ1) is 12.9. The molecule has 1 fully saturated rings. The highest BCUT2D eigenvalue weighted by Gasteiger charge is 2.25. The fraction of sp³-hybridized carbons (Fsp3) is 0.429. The number of hydrogen-bond donors (Lipinski definition) is 1. The molecule has 0 aliphatic carbocycles. The van der Waals surface area contributed by atoms with Crippen LogP contribution < -0.4 is 10.6 Å². The molecule has 0 saturated carbocycles. The lowest BCUT2D eigenvalue weighted by atomic mass is 10.1. The highest BCUT2D eigenvalue weighted by Crippen LogP contribution is 2.24. The molecule has 1 aromatic heterocycles. The number of carbonyl (C=O) groups excluding carboxylic acids is 1. The molecule has 1 aliphatic heterocycles. The van der Waals surface area contributed by atoms with Crippen molar-refractivity contribution in [1.82, 2.24) is 9.88 Å². The molecular weight excluding hydrogens is 340 g/mol. The van der Waals surface area contributed by atoms with Crippen LogP contribution in [0.25, 0.3) is 0 Å². The Morgan fingerprint density at radius 2 is 1.96 bits per heavy atom. The number of benzene rings is 1. The van der Waals surface area contributed by atoms with Gasteiger partial charge in [-0.15, -0.1) is 0 Å². The molecule has 144 valence electrons. The smallest absolute Gasteiger partial charge is 0.342 e. The number of hydrogen-bond acceptors (Lipinski definition) is 6. The van der Waals surface area contributed by atoms with Gasteiger partial charge in [0.25, 0.3) is 0 Å². The molecule has 6 nitrogen and oxygen atoms in total. The number of carbonyl (C=O) groups is 1. The van der Waals surface area contributed by atoms with E-state index in [2.05, 4.69) is 20.9 Å². The zero-order chi connectivity index (χ0) is 19.4. The van der Waals surface area contributed by atoms with Crippen LogP contribution in [0.1, 0.15) is 35.3 Å². The van der Waals surface area contributed by atoms with E-state index in [1.54, 1.807) is 6.20 Å². The Labute approximate surface area is 160 Å². The standard InChI is InChI=1S/C21H28N4O2/c1-15(2)27-21(26)19-16(3)7-8-23-20(19)25-11-9-24(10-12-25)14-17-5-4-6-18(22)13-17/h4-8,13,15H,9-12,14,22H2,1-3H3. The van der Waals surface area contributed by atoms with E-state index >= 15 is 0 Å². The molecule has 0 atom stereocenters. The number of aromatic nitrogens is 1. The number of anilines is 2. The molecule has 0 radical (unpaired) electrons. The van der Waals surface area contributed by atoms with Gasteiger partial charge in [-0.25, -0.2) is 9.78 Å². The maximum Gasteiger partial charge on any atom is 0.342 e. The van der Waals surface area contributed by atoms with E-state index < -0.39 is 0 Å². The van der Waals surface area contributed by atoms with Gasteiger partial charge in [-0.05, 0) is 50.1 Å². The minimum absolute atomic E-state index is 0.153. The number of ether oxygens (including phenoxy) is 1. The summed E-state index contributed by atoms with van der Waals surface area (Å²) in [5, 5.41) is 0. The second-order valence-electron chi connectivity index (χ2n) is 7.29. The summed E-state index contributed by atoms with van der Waals surface area (Å²) in [6, 6.07) is 9.88. The summed E-state index contributed by atoms with van der Waals surface area (Å²) in [4.78, 5) is 21.6. The van der Waals surface area contributed by atoms with Crippen molar-refractivity contribution in [3.8, 4) is 0 Å². The van der Waals surface area contributed by atoms with E-state index in [0.717, 1.165) is 49.8 Å². The van der Waals surface area contributed by atoms with E-state index in [-0.39, 0.29) is 12.1 Å². The van der Waals surface area contributed by atoms with Crippen LogP contribution >= 0.6 is 0 Å². The lowest BCUT2D eigenvalue weighted by Gasteiger charge is -2.36. The monoisotopic (exact) mass is 368 g/mol. The van der Waals surface area contributed by atoms with Crippen molar-refractivity contribution in [3.05, 3.63) is 53.2 Å². The fourth-order valence-corrected chi connectivity index (χ4v) is 3.38. The second-order valence-corrected chi connectivity index (χ2v) is 7.29. The molecule has 0 unspecified atom stereocenters. The number of nitrogens with zero attached hydrogens (tertiary/aromatic N) is 3. The Balaban J connectivity index is 1.69. The maximum atomic E-state index is 12.6. The van der Waals surface area contributed by atoms with Crippen LogP contribution in [0.15, 0.2) is 36.5 Å². The highest BCUT2D eigenvalue weighted by molar-refractivity contribution is 5.96. The van der Waals surface area contributed by atoms with Crippen molar-refractivity contribution >= 4 is 17.5 Å². The Hall–Kier alpha value is -2.60. The van der Waals surface area contributed by atoms with Gasteiger partial charge < -0.3 is 15.4 Å². The van der Waals surface area contributed by atoms with Crippen molar-refractivity contribution < 1.29 is 9.53 Å². The molecule has 27 heavy (non-hydrogen) atoms. The molecule has 0 amide bonds. The molecule has 6 heteroatoms. The predicted octanol–water partition coefficient (Wildman–Crippen LogP) is 2.86. The lowest BCUT2D eigenvalue weighted by molar-refractivity contribution is 0.0377. The Kier molecular flexibility index (Phi) is 5.96. The summed E-state index contributed by atoms with van der Waals surface area (Å²) in [5.41, 5.74) is 9.37. The Morgan fingerprint density at radius 1 is 1.22 bits per heavy atom. The van der Waals surface area contributed by atoms with Gasteiger partial charge in [-0.3, -0.25) is 4.90 Å². The summed E-state index contributed by atoms with van der Waals surface area (Å²) in [6.07, 6.45) is 1.61. The van der Waals surface area contributed by atoms with Gasteiger partial charge in [0.05, 0.1) is 6.10 Å². The van der Waals surface area contributed by atoms with Crippen molar-refractivity contribution in [1.29, 1.82) is 0 Å². The Morgan fingerprint density at radius 3 is 2.63 bits per heavy atom. The van der Waals surface area contributed by atoms with Crippen LogP contribution in [0.4, 0.5) is 11.5 Å². The number of rotatable bonds is 5. The van der Waals surface area contributed by atoms with E-state index in [1.807, 2.05) is 45.0 Å². The molecule has 2 N–H and O–H groups in total. The van der Waals surface area contributed by atoms with Crippen molar-refractivity contribution in [2.75, 3.05) is 36.8 Å². The first-order valence-electron chi connectivity index (χ1n) is 9.42. The molecular formula is C21H28N4O2. The normalized spacial score (nSPS) is 15.2. The van der Waals surface area contributed by atoms with Crippen LogP contribution in [-0.4, -0.2) is 48.1 Å². The number of esters is 1. The van der Waals surface area contributed by atoms with Crippen LogP contribution in [0.5, 0.6) is 0 Å². The summed E-state index contributed by atoms with van der Waals surface area (Å²) >= 11 is 0. The van der Waals surface area contributed by atoms with Gasteiger partial charge in [0.15, 0.2) is 0 Å². The van der Waals surface area contributed by atoms with Crippen molar-refractivity contribution in [2.45, 2.75) is 33.4 Å². The SMILES string of the molecule is Cc1ccnc(N2CCN(Cc3cccc(N)c3)CC2)c1C(=O)OC(C)C. The summed E-state index contributed by atoms with van der Waals surface area (Å²) in [6.45, 7) is 9.98. The van der Waals surface area contributed by atoms with E-state index in [9.17, 15) is 4.79 Å². The minimum atomic E-state index is -0.298.